The fourth-order valence-corrected chi connectivity index (χ4v) is 0.521. The molecule has 7 heteroatoms. The first-order valence-electron chi connectivity index (χ1n) is 3.51. The molecule has 0 aromatic rings. The van der Waals surface area contributed by atoms with Crippen molar-refractivity contribution in [1.82, 2.24) is 0 Å². The zero-order valence-electron chi connectivity index (χ0n) is 7.04. The maximum atomic E-state index is 10.5. The Morgan fingerprint density at radius 3 is 2.29 bits per heavy atom. The van der Waals surface area contributed by atoms with E-state index >= 15 is 0 Å². The van der Waals surface area contributed by atoms with E-state index in [9.17, 15) is 4.79 Å². The van der Waals surface area contributed by atoms with Crippen molar-refractivity contribution in [3.63, 3.8) is 0 Å². The number of aliphatic hydroxyl groups is 2. The van der Waals surface area contributed by atoms with Gasteiger partial charge in [0.2, 0.25) is 0 Å². The lowest BCUT2D eigenvalue weighted by Gasteiger charge is -2.15. The molecule has 0 bridgehead atoms. The van der Waals surface area contributed by atoms with Gasteiger partial charge >= 0.3 is 11.6 Å². The molecule has 0 aliphatic rings. The normalized spacial score (nSPS) is 12.6. The summed E-state index contributed by atoms with van der Waals surface area (Å²) in [5.41, 5.74) is -2.63. The van der Waals surface area contributed by atoms with Gasteiger partial charge in [-0.25, -0.2) is 4.79 Å². The summed E-state index contributed by atoms with van der Waals surface area (Å²) >= 11 is 0. The lowest BCUT2D eigenvalue weighted by atomic mass is 10.1. The Labute approximate surface area is 79.4 Å². The molecule has 76 valence electrons. The summed E-state index contributed by atoms with van der Waals surface area (Å²) in [5.74, 6) is -1.76. The number of nitrogens with zero attached hydrogens (tertiary/aromatic N) is 2. The minimum absolute atomic E-state index is 0.607. The predicted octanol–water partition coefficient (Wildman–Crippen LogP) is -1.77. The molecule has 0 spiro atoms. The Morgan fingerprint density at radius 1 is 1.50 bits per heavy atom. The van der Waals surface area contributed by atoms with Crippen LogP contribution in [0.2, 0.25) is 0 Å². The molecule has 0 fully saturated rings. The Morgan fingerprint density at radius 2 is 2.00 bits per heavy atom. The number of rotatable bonds is 5. The van der Waals surface area contributed by atoms with E-state index < -0.39 is 30.9 Å². The molecule has 0 aromatic carbocycles. The Hall–Kier alpha value is -1.67. The van der Waals surface area contributed by atoms with Crippen molar-refractivity contribution in [1.29, 1.82) is 10.5 Å². The third-order valence-corrected chi connectivity index (χ3v) is 1.32. The molecule has 0 saturated heterocycles. The molecule has 0 amide bonds. The summed E-state index contributed by atoms with van der Waals surface area (Å²) in [5, 5.41) is 42.5. The third-order valence-electron chi connectivity index (χ3n) is 1.32. The number of carbonyl (C=O) groups is 1. The molecule has 0 heterocycles. The Bertz CT molecular complexity index is 275. The lowest BCUT2D eigenvalue weighted by Crippen LogP contribution is -2.41. The van der Waals surface area contributed by atoms with Crippen molar-refractivity contribution in [3.8, 4) is 12.1 Å². The van der Waals surface area contributed by atoms with Gasteiger partial charge in [-0.15, -0.1) is 0 Å². The number of ether oxygens (including phenoxy) is 1. The number of aliphatic hydroxyl groups excluding tert-OH is 2. The highest BCUT2D eigenvalue weighted by Gasteiger charge is 2.41. The standard InChI is InChI=1S/C7H8N2O5/c8-3-7(4-9,6(12)13)14-2-5(11)1-10/h5,10-11H,1-2H2,(H,12,13). The van der Waals surface area contributed by atoms with Crippen LogP contribution < -0.4 is 0 Å². The van der Waals surface area contributed by atoms with Gasteiger partial charge in [-0.1, -0.05) is 0 Å². The molecule has 1 atom stereocenters. The molecule has 14 heavy (non-hydrogen) atoms. The average molecular weight is 200 g/mol. The van der Waals surface area contributed by atoms with Crippen LogP contribution in [0.1, 0.15) is 0 Å². The van der Waals surface area contributed by atoms with Crippen LogP contribution in [0, 0.1) is 22.7 Å². The molecule has 0 saturated carbocycles. The largest absolute Gasteiger partial charge is 0.477 e. The maximum Gasteiger partial charge on any atom is 0.366 e. The Balaban J connectivity index is 4.50. The first-order chi connectivity index (χ1) is 6.52. The second kappa shape index (κ2) is 5.14. The van der Waals surface area contributed by atoms with Gasteiger partial charge in [0.05, 0.1) is 13.2 Å². The van der Waals surface area contributed by atoms with E-state index in [-0.39, 0.29) is 0 Å². The van der Waals surface area contributed by atoms with Crippen molar-refractivity contribution < 1.29 is 24.9 Å². The molecule has 3 N–H and O–H groups in total. The summed E-state index contributed by atoms with van der Waals surface area (Å²) in [7, 11) is 0. The van der Waals surface area contributed by atoms with Crippen LogP contribution in [-0.4, -0.2) is 46.2 Å². The molecule has 7 nitrogen and oxygen atoms in total. The van der Waals surface area contributed by atoms with E-state index in [1.165, 1.54) is 12.1 Å². The first kappa shape index (κ1) is 12.3. The molecular formula is C7H8N2O5. The summed E-state index contributed by atoms with van der Waals surface area (Å²) in [6.07, 6.45) is -1.32. The van der Waals surface area contributed by atoms with Crippen LogP contribution in [0.15, 0.2) is 0 Å². The molecule has 0 aliphatic heterocycles. The van der Waals surface area contributed by atoms with Crippen molar-refractivity contribution in [2.24, 2.45) is 0 Å². The molecule has 0 rings (SSSR count). The van der Waals surface area contributed by atoms with E-state index in [0.29, 0.717) is 0 Å². The van der Waals surface area contributed by atoms with E-state index in [1.54, 1.807) is 0 Å². The molecular weight excluding hydrogens is 192 g/mol. The minimum Gasteiger partial charge on any atom is -0.477 e. The second-order valence-electron chi connectivity index (χ2n) is 2.36. The van der Waals surface area contributed by atoms with Crippen LogP contribution in [0.25, 0.3) is 0 Å². The summed E-state index contributed by atoms with van der Waals surface area (Å²) in [6, 6.07) is 2.34. The smallest absolute Gasteiger partial charge is 0.366 e. The number of hydrogen-bond acceptors (Lipinski definition) is 6. The number of aliphatic carboxylic acids is 1. The molecule has 1 unspecified atom stereocenters. The summed E-state index contributed by atoms with van der Waals surface area (Å²) in [6.45, 7) is -1.25. The van der Waals surface area contributed by atoms with E-state index in [2.05, 4.69) is 4.74 Å². The number of carboxylic acids is 1. The van der Waals surface area contributed by atoms with Crippen molar-refractivity contribution in [2.45, 2.75) is 11.7 Å². The lowest BCUT2D eigenvalue weighted by molar-refractivity contribution is -0.155. The fraction of sp³-hybridized carbons (Fsp3) is 0.571. The van der Waals surface area contributed by atoms with Crippen LogP contribution in [0.5, 0.6) is 0 Å². The molecule has 0 radical (unpaired) electrons. The third kappa shape index (κ3) is 2.68. The van der Waals surface area contributed by atoms with Crippen LogP contribution in [0.3, 0.4) is 0 Å². The highest BCUT2D eigenvalue weighted by Crippen LogP contribution is 2.09. The predicted molar refractivity (Wildman–Crippen MR) is 40.6 cm³/mol. The van der Waals surface area contributed by atoms with Gasteiger partial charge in [-0.3, -0.25) is 0 Å². The average Bonchev–Trinajstić information content (AvgIpc) is 2.19. The number of nitriles is 2. The van der Waals surface area contributed by atoms with Crippen LogP contribution >= 0.6 is 0 Å². The Kier molecular flexibility index (Phi) is 4.53. The number of hydrogen-bond donors (Lipinski definition) is 3. The fourth-order valence-electron chi connectivity index (χ4n) is 0.521. The van der Waals surface area contributed by atoms with Gasteiger partial charge in [0.15, 0.2) is 0 Å². The highest BCUT2D eigenvalue weighted by atomic mass is 16.5. The quantitative estimate of drug-likeness (QED) is 0.477. The van der Waals surface area contributed by atoms with E-state index in [1.807, 2.05) is 0 Å². The minimum atomic E-state index is -2.63. The van der Waals surface area contributed by atoms with Crippen molar-refractivity contribution >= 4 is 5.97 Å². The zero-order valence-corrected chi connectivity index (χ0v) is 7.04. The van der Waals surface area contributed by atoms with Crippen LogP contribution in [-0.2, 0) is 9.53 Å². The van der Waals surface area contributed by atoms with Crippen LogP contribution in [0.4, 0.5) is 0 Å². The maximum absolute atomic E-state index is 10.5. The van der Waals surface area contributed by atoms with E-state index in [0.717, 1.165) is 0 Å². The monoisotopic (exact) mass is 200 g/mol. The topological polar surface area (TPSA) is 135 Å². The summed E-state index contributed by atoms with van der Waals surface area (Å²) in [4.78, 5) is 10.5. The second-order valence-corrected chi connectivity index (χ2v) is 2.36. The zero-order chi connectivity index (χ0) is 11.2. The van der Waals surface area contributed by atoms with Crippen molar-refractivity contribution in [3.05, 3.63) is 0 Å². The van der Waals surface area contributed by atoms with Gasteiger partial charge in [-0.2, -0.15) is 10.5 Å². The summed E-state index contributed by atoms with van der Waals surface area (Å²) < 4.78 is 4.41. The van der Waals surface area contributed by atoms with Gasteiger partial charge in [0.1, 0.15) is 18.2 Å². The SMILES string of the molecule is N#CC(C#N)(OCC(O)CO)C(=O)O. The molecule has 0 aliphatic carbocycles. The van der Waals surface area contributed by atoms with Gasteiger partial charge < -0.3 is 20.1 Å². The van der Waals surface area contributed by atoms with Gasteiger partial charge in [0.25, 0.3) is 0 Å². The van der Waals surface area contributed by atoms with Gasteiger partial charge in [-0.05, 0) is 0 Å². The van der Waals surface area contributed by atoms with Crippen molar-refractivity contribution in [2.75, 3.05) is 13.2 Å². The first-order valence-corrected chi connectivity index (χ1v) is 3.51. The number of carboxylic acid groups (broad SMARTS) is 1. The van der Waals surface area contributed by atoms with Gasteiger partial charge in [0, 0.05) is 0 Å². The van der Waals surface area contributed by atoms with E-state index in [4.69, 9.17) is 25.8 Å². The molecule has 0 aromatic heterocycles. The highest BCUT2D eigenvalue weighted by molar-refractivity contribution is 5.84.